The van der Waals surface area contributed by atoms with Crippen LogP contribution in [0.15, 0.2) is 0 Å². The molecular formula is C13H22N4OS. The third-order valence-corrected chi connectivity index (χ3v) is 4.96. The normalized spacial score (nSPS) is 24.3. The van der Waals surface area contributed by atoms with Crippen LogP contribution in [-0.4, -0.2) is 48.1 Å². The van der Waals surface area contributed by atoms with Crippen molar-refractivity contribution < 1.29 is 4.74 Å². The standard InChI is InChI=1S/C13H22N4OS/c1-2-18-11-12(14)15-19-13(11)17-8-5-10(9-17)16-6-3-4-7-16/h10H,2-9H2,1H3,(H2,14,15). The molecule has 2 saturated heterocycles. The van der Waals surface area contributed by atoms with E-state index in [2.05, 4.69) is 14.2 Å². The van der Waals surface area contributed by atoms with Gasteiger partial charge in [0.1, 0.15) is 0 Å². The van der Waals surface area contributed by atoms with Crippen molar-refractivity contribution in [2.45, 2.75) is 32.2 Å². The predicted octanol–water partition coefficient (Wildman–Crippen LogP) is 1.80. The van der Waals surface area contributed by atoms with Crippen LogP contribution in [0, 0.1) is 0 Å². The smallest absolute Gasteiger partial charge is 0.197 e. The number of hydrogen-bond donors (Lipinski definition) is 1. The van der Waals surface area contributed by atoms with E-state index in [1.165, 1.54) is 43.9 Å². The Bertz CT molecular complexity index is 430. The molecule has 3 rings (SSSR count). The molecule has 0 spiro atoms. The molecule has 0 aliphatic carbocycles. The van der Waals surface area contributed by atoms with Gasteiger partial charge in [-0.15, -0.1) is 0 Å². The Morgan fingerprint density at radius 3 is 2.89 bits per heavy atom. The highest BCUT2D eigenvalue weighted by atomic mass is 32.1. The van der Waals surface area contributed by atoms with E-state index in [0.29, 0.717) is 18.5 Å². The molecule has 0 radical (unpaired) electrons. The first-order valence-corrected chi connectivity index (χ1v) is 7.94. The molecule has 3 heterocycles. The van der Waals surface area contributed by atoms with Gasteiger partial charge in [0.25, 0.3) is 0 Å². The van der Waals surface area contributed by atoms with Gasteiger partial charge < -0.3 is 15.4 Å². The molecule has 2 aliphatic heterocycles. The van der Waals surface area contributed by atoms with Gasteiger partial charge in [-0.1, -0.05) is 0 Å². The Balaban J connectivity index is 1.70. The van der Waals surface area contributed by atoms with Gasteiger partial charge in [0.05, 0.1) is 6.61 Å². The van der Waals surface area contributed by atoms with Gasteiger partial charge in [-0.05, 0) is 50.8 Å². The zero-order valence-corrected chi connectivity index (χ0v) is 12.3. The van der Waals surface area contributed by atoms with Gasteiger partial charge >= 0.3 is 0 Å². The van der Waals surface area contributed by atoms with Crippen molar-refractivity contribution in [1.29, 1.82) is 0 Å². The highest BCUT2D eigenvalue weighted by Gasteiger charge is 2.32. The van der Waals surface area contributed by atoms with Crippen molar-refractivity contribution in [2.75, 3.05) is 43.4 Å². The molecular weight excluding hydrogens is 260 g/mol. The molecule has 1 aromatic heterocycles. The van der Waals surface area contributed by atoms with E-state index >= 15 is 0 Å². The number of ether oxygens (including phenoxy) is 1. The van der Waals surface area contributed by atoms with Gasteiger partial charge in [-0.2, -0.15) is 4.37 Å². The van der Waals surface area contributed by atoms with Gasteiger partial charge in [-0.25, -0.2) is 0 Å². The SMILES string of the molecule is CCOc1c(N)nsc1N1CCC(N2CCCC2)C1. The minimum absolute atomic E-state index is 0.534. The van der Waals surface area contributed by atoms with Gasteiger partial charge in [0.15, 0.2) is 16.6 Å². The molecule has 1 atom stereocenters. The summed E-state index contributed by atoms with van der Waals surface area (Å²) in [6.07, 6.45) is 3.95. The van der Waals surface area contributed by atoms with Crippen molar-refractivity contribution in [3.05, 3.63) is 0 Å². The Morgan fingerprint density at radius 1 is 1.37 bits per heavy atom. The summed E-state index contributed by atoms with van der Waals surface area (Å²) in [5.74, 6) is 1.32. The number of rotatable bonds is 4. The summed E-state index contributed by atoms with van der Waals surface area (Å²) in [5.41, 5.74) is 5.89. The van der Waals surface area contributed by atoms with E-state index in [9.17, 15) is 0 Å². The molecule has 0 bridgehead atoms. The molecule has 19 heavy (non-hydrogen) atoms. The predicted molar refractivity (Wildman–Crippen MR) is 79.1 cm³/mol. The van der Waals surface area contributed by atoms with Crippen LogP contribution in [0.1, 0.15) is 26.2 Å². The highest BCUT2D eigenvalue weighted by molar-refractivity contribution is 7.11. The van der Waals surface area contributed by atoms with E-state index in [0.717, 1.165) is 23.8 Å². The third-order valence-electron chi connectivity index (χ3n) is 4.05. The molecule has 106 valence electrons. The lowest BCUT2D eigenvalue weighted by Gasteiger charge is -2.24. The van der Waals surface area contributed by atoms with E-state index in [1.54, 1.807) is 0 Å². The molecule has 1 unspecified atom stereocenters. The van der Waals surface area contributed by atoms with E-state index < -0.39 is 0 Å². The van der Waals surface area contributed by atoms with Crippen LogP contribution in [0.2, 0.25) is 0 Å². The highest BCUT2D eigenvalue weighted by Crippen LogP contribution is 2.40. The maximum atomic E-state index is 5.89. The molecule has 6 heteroatoms. The monoisotopic (exact) mass is 282 g/mol. The first-order chi connectivity index (χ1) is 9.29. The maximum Gasteiger partial charge on any atom is 0.197 e. The lowest BCUT2D eigenvalue weighted by molar-refractivity contribution is 0.260. The Kier molecular flexibility index (Phi) is 3.79. The van der Waals surface area contributed by atoms with Crippen LogP contribution in [0.25, 0.3) is 0 Å². The summed E-state index contributed by atoms with van der Waals surface area (Å²) in [4.78, 5) is 5.02. The Morgan fingerprint density at radius 2 is 2.16 bits per heavy atom. The topological polar surface area (TPSA) is 54.6 Å². The van der Waals surface area contributed by atoms with Crippen molar-refractivity contribution in [2.24, 2.45) is 0 Å². The summed E-state index contributed by atoms with van der Waals surface area (Å²) < 4.78 is 9.89. The summed E-state index contributed by atoms with van der Waals surface area (Å²) in [5, 5.41) is 1.11. The second-order valence-electron chi connectivity index (χ2n) is 5.27. The van der Waals surface area contributed by atoms with Crippen LogP contribution in [0.4, 0.5) is 10.8 Å². The number of anilines is 2. The van der Waals surface area contributed by atoms with Crippen molar-refractivity contribution in [3.8, 4) is 5.75 Å². The first kappa shape index (κ1) is 13.0. The van der Waals surface area contributed by atoms with Gasteiger partial charge in [0.2, 0.25) is 0 Å². The van der Waals surface area contributed by atoms with Gasteiger partial charge in [0, 0.05) is 19.1 Å². The zero-order valence-electron chi connectivity index (χ0n) is 11.5. The van der Waals surface area contributed by atoms with Crippen LogP contribution in [0.3, 0.4) is 0 Å². The zero-order chi connectivity index (χ0) is 13.2. The number of nitrogens with zero attached hydrogens (tertiary/aromatic N) is 3. The van der Waals surface area contributed by atoms with Crippen LogP contribution >= 0.6 is 11.5 Å². The lowest BCUT2D eigenvalue weighted by atomic mass is 10.2. The lowest BCUT2D eigenvalue weighted by Crippen LogP contribution is -2.35. The number of nitrogen functional groups attached to an aromatic ring is 1. The van der Waals surface area contributed by atoms with E-state index in [1.807, 2.05) is 6.92 Å². The maximum absolute atomic E-state index is 5.89. The average Bonchev–Trinajstić information content (AvgIpc) is 3.10. The Labute approximate surface area is 118 Å². The summed E-state index contributed by atoms with van der Waals surface area (Å²) >= 11 is 1.47. The van der Waals surface area contributed by atoms with Crippen molar-refractivity contribution in [3.63, 3.8) is 0 Å². The third kappa shape index (κ3) is 2.51. The number of likely N-dealkylation sites (tertiary alicyclic amines) is 1. The van der Waals surface area contributed by atoms with Crippen molar-refractivity contribution in [1.82, 2.24) is 9.27 Å². The Hall–Kier alpha value is -1.01. The minimum atomic E-state index is 0.534. The summed E-state index contributed by atoms with van der Waals surface area (Å²) in [6, 6.07) is 0.695. The van der Waals surface area contributed by atoms with E-state index in [-0.39, 0.29) is 0 Å². The largest absolute Gasteiger partial charge is 0.487 e. The molecule has 5 nitrogen and oxygen atoms in total. The van der Waals surface area contributed by atoms with Crippen LogP contribution in [0.5, 0.6) is 5.75 Å². The summed E-state index contributed by atoms with van der Waals surface area (Å²) in [6.45, 7) is 7.32. The molecule has 0 saturated carbocycles. The fourth-order valence-electron chi connectivity index (χ4n) is 3.10. The second kappa shape index (κ2) is 5.54. The van der Waals surface area contributed by atoms with E-state index in [4.69, 9.17) is 10.5 Å². The summed E-state index contributed by atoms with van der Waals surface area (Å²) in [7, 11) is 0. The number of hydrogen-bond acceptors (Lipinski definition) is 6. The van der Waals surface area contributed by atoms with Crippen molar-refractivity contribution >= 4 is 22.4 Å². The molecule has 1 aromatic rings. The number of nitrogens with two attached hydrogens (primary N) is 1. The average molecular weight is 282 g/mol. The molecule has 0 amide bonds. The molecule has 2 aliphatic rings. The fraction of sp³-hybridized carbons (Fsp3) is 0.769. The van der Waals surface area contributed by atoms with Crippen LogP contribution < -0.4 is 15.4 Å². The first-order valence-electron chi connectivity index (χ1n) is 7.16. The number of aromatic nitrogens is 1. The molecule has 2 N–H and O–H groups in total. The van der Waals surface area contributed by atoms with Crippen LogP contribution in [-0.2, 0) is 0 Å². The quantitative estimate of drug-likeness (QED) is 0.912. The van der Waals surface area contributed by atoms with Gasteiger partial charge in [-0.3, -0.25) is 4.90 Å². The fourth-order valence-corrected chi connectivity index (χ4v) is 3.89. The molecule has 2 fully saturated rings. The minimum Gasteiger partial charge on any atom is -0.487 e. The second-order valence-corrected chi connectivity index (χ2v) is 6.02. The molecule has 0 aromatic carbocycles.